The Labute approximate surface area is 74.0 Å². The van der Waals surface area contributed by atoms with Crippen LogP contribution in [0.4, 0.5) is 0 Å². The van der Waals surface area contributed by atoms with E-state index in [0.717, 1.165) is 19.4 Å². The first-order valence-electron chi connectivity index (χ1n) is 4.30. The average Bonchev–Trinajstić information content (AvgIpc) is 2.11. The molecular formula is C9H18O3. The topological polar surface area (TPSA) is 35.5 Å². The van der Waals surface area contributed by atoms with Crippen molar-refractivity contribution in [2.45, 2.75) is 26.2 Å². The minimum atomic E-state index is -0.127. The van der Waals surface area contributed by atoms with Crippen molar-refractivity contribution < 1.29 is 14.3 Å². The fourth-order valence-electron chi connectivity index (χ4n) is 1.05. The number of carbonyl (C=O) groups excluding carboxylic acids is 1. The maximum absolute atomic E-state index is 10.9. The molecule has 0 spiro atoms. The van der Waals surface area contributed by atoms with Crippen LogP contribution in [0.2, 0.25) is 0 Å². The van der Waals surface area contributed by atoms with Gasteiger partial charge in [-0.05, 0) is 12.3 Å². The molecule has 1 atom stereocenters. The summed E-state index contributed by atoms with van der Waals surface area (Å²) in [7, 11) is 3.09. The first kappa shape index (κ1) is 11.4. The van der Waals surface area contributed by atoms with Gasteiger partial charge in [0.25, 0.3) is 0 Å². The summed E-state index contributed by atoms with van der Waals surface area (Å²) in [4.78, 5) is 10.9. The lowest BCUT2D eigenvalue weighted by Gasteiger charge is -2.11. The second kappa shape index (κ2) is 7.10. The SMILES string of the molecule is CC[C@@H](CCOC)CC(=O)OC. The van der Waals surface area contributed by atoms with Crippen molar-refractivity contribution in [2.75, 3.05) is 20.8 Å². The van der Waals surface area contributed by atoms with Crippen LogP contribution in [-0.4, -0.2) is 26.8 Å². The predicted octanol–water partition coefficient (Wildman–Crippen LogP) is 1.61. The van der Waals surface area contributed by atoms with Gasteiger partial charge in [0.2, 0.25) is 0 Å². The van der Waals surface area contributed by atoms with Gasteiger partial charge in [0, 0.05) is 20.1 Å². The third-order valence-corrected chi connectivity index (χ3v) is 1.99. The maximum atomic E-state index is 10.9. The smallest absolute Gasteiger partial charge is 0.305 e. The van der Waals surface area contributed by atoms with Gasteiger partial charge in [-0.15, -0.1) is 0 Å². The molecule has 0 fully saturated rings. The monoisotopic (exact) mass is 174 g/mol. The van der Waals surface area contributed by atoms with Crippen molar-refractivity contribution in [1.82, 2.24) is 0 Å². The molecule has 12 heavy (non-hydrogen) atoms. The Hall–Kier alpha value is -0.570. The number of rotatable bonds is 6. The number of esters is 1. The third-order valence-electron chi connectivity index (χ3n) is 1.99. The standard InChI is InChI=1S/C9H18O3/c1-4-8(5-6-11-2)7-9(10)12-3/h8H,4-7H2,1-3H3/t8-/m0/s1. The zero-order chi connectivity index (χ0) is 9.40. The second-order valence-corrected chi connectivity index (χ2v) is 2.84. The van der Waals surface area contributed by atoms with Crippen LogP contribution in [0.3, 0.4) is 0 Å². The Morgan fingerprint density at radius 3 is 2.50 bits per heavy atom. The highest BCUT2D eigenvalue weighted by Crippen LogP contribution is 2.13. The highest BCUT2D eigenvalue weighted by Gasteiger charge is 2.11. The molecule has 0 saturated heterocycles. The molecule has 3 heteroatoms. The van der Waals surface area contributed by atoms with Crippen LogP contribution in [0.15, 0.2) is 0 Å². The number of hydrogen-bond donors (Lipinski definition) is 0. The zero-order valence-electron chi connectivity index (χ0n) is 8.13. The lowest BCUT2D eigenvalue weighted by molar-refractivity contribution is -0.141. The lowest BCUT2D eigenvalue weighted by Crippen LogP contribution is -2.11. The number of carbonyl (C=O) groups is 1. The minimum Gasteiger partial charge on any atom is -0.469 e. The Morgan fingerprint density at radius 1 is 1.42 bits per heavy atom. The van der Waals surface area contributed by atoms with Crippen LogP contribution in [0.25, 0.3) is 0 Å². The highest BCUT2D eigenvalue weighted by atomic mass is 16.5. The lowest BCUT2D eigenvalue weighted by atomic mass is 9.99. The van der Waals surface area contributed by atoms with Crippen LogP contribution < -0.4 is 0 Å². The van der Waals surface area contributed by atoms with Crippen molar-refractivity contribution >= 4 is 5.97 Å². The molecule has 0 unspecified atom stereocenters. The van der Waals surface area contributed by atoms with Crippen molar-refractivity contribution in [2.24, 2.45) is 5.92 Å². The Morgan fingerprint density at radius 2 is 2.08 bits per heavy atom. The second-order valence-electron chi connectivity index (χ2n) is 2.84. The molecule has 0 N–H and O–H groups in total. The molecule has 3 nitrogen and oxygen atoms in total. The highest BCUT2D eigenvalue weighted by molar-refractivity contribution is 5.69. The fraction of sp³-hybridized carbons (Fsp3) is 0.889. The fourth-order valence-corrected chi connectivity index (χ4v) is 1.05. The van der Waals surface area contributed by atoms with E-state index < -0.39 is 0 Å². The Bertz CT molecular complexity index is 123. The van der Waals surface area contributed by atoms with Gasteiger partial charge in [-0.25, -0.2) is 0 Å². The van der Waals surface area contributed by atoms with Crippen molar-refractivity contribution in [3.05, 3.63) is 0 Å². The third kappa shape index (κ3) is 5.13. The molecule has 0 amide bonds. The van der Waals surface area contributed by atoms with Gasteiger partial charge in [-0.2, -0.15) is 0 Å². The van der Waals surface area contributed by atoms with Gasteiger partial charge in [0.15, 0.2) is 0 Å². The van der Waals surface area contributed by atoms with Gasteiger partial charge in [0.05, 0.1) is 7.11 Å². The van der Waals surface area contributed by atoms with Crippen molar-refractivity contribution in [1.29, 1.82) is 0 Å². The number of ether oxygens (including phenoxy) is 2. The van der Waals surface area contributed by atoms with Crippen LogP contribution in [0.1, 0.15) is 26.2 Å². The van der Waals surface area contributed by atoms with E-state index in [1.165, 1.54) is 7.11 Å². The van der Waals surface area contributed by atoms with E-state index in [2.05, 4.69) is 11.7 Å². The van der Waals surface area contributed by atoms with E-state index in [-0.39, 0.29) is 5.97 Å². The molecule has 0 heterocycles. The van der Waals surface area contributed by atoms with Gasteiger partial charge >= 0.3 is 5.97 Å². The molecule has 0 saturated carbocycles. The predicted molar refractivity (Wildman–Crippen MR) is 46.9 cm³/mol. The van der Waals surface area contributed by atoms with Crippen LogP contribution in [0.5, 0.6) is 0 Å². The summed E-state index contributed by atoms with van der Waals surface area (Å²) >= 11 is 0. The van der Waals surface area contributed by atoms with Crippen molar-refractivity contribution in [3.63, 3.8) is 0 Å². The average molecular weight is 174 g/mol. The van der Waals surface area contributed by atoms with E-state index in [9.17, 15) is 4.79 Å². The molecule has 0 aromatic heterocycles. The summed E-state index contributed by atoms with van der Waals surface area (Å²) in [6.07, 6.45) is 2.44. The van der Waals surface area contributed by atoms with E-state index in [1.807, 2.05) is 0 Å². The molecule has 0 bridgehead atoms. The summed E-state index contributed by atoms with van der Waals surface area (Å²) in [5.41, 5.74) is 0. The quantitative estimate of drug-likeness (QED) is 0.574. The minimum absolute atomic E-state index is 0.127. The molecule has 72 valence electrons. The molecule has 0 aliphatic carbocycles. The molecule has 0 aromatic carbocycles. The maximum Gasteiger partial charge on any atom is 0.305 e. The first-order chi connectivity index (χ1) is 5.74. The first-order valence-corrected chi connectivity index (χ1v) is 4.30. The largest absolute Gasteiger partial charge is 0.469 e. The zero-order valence-corrected chi connectivity index (χ0v) is 8.13. The molecule has 0 radical (unpaired) electrons. The van der Waals surface area contributed by atoms with Gasteiger partial charge in [-0.1, -0.05) is 13.3 Å². The molecule has 0 aromatic rings. The Balaban J connectivity index is 3.59. The van der Waals surface area contributed by atoms with E-state index >= 15 is 0 Å². The summed E-state index contributed by atoms with van der Waals surface area (Å²) < 4.78 is 9.52. The number of methoxy groups -OCH3 is 2. The van der Waals surface area contributed by atoms with E-state index in [0.29, 0.717) is 12.3 Å². The van der Waals surface area contributed by atoms with Gasteiger partial charge < -0.3 is 9.47 Å². The molecule has 0 aliphatic rings. The number of hydrogen-bond acceptors (Lipinski definition) is 3. The van der Waals surface area contributed by atoms with E-state index in [1.54, 1.807) is 7.11 Å². The summed E-state index contributed by atoms with van der Waals surface area (Å²) in [6, 6.07) is 0. The molecule has 0 rings (SSSR count). The molecule has 0 aliphatic heterocycles. The normalized spacial score (nSPS) is 12.6. The summed E-state index contributed by atoms with van der Waals surface area (Å²) in [5, 5.41) is 0. The summed E-state index contributed by atoms with van der Waals surface area (Å²) in [5.74, 6) is 0.273. The van der Waals surface area contributed by atoms with Crippen LogP contribution >= 0.6 is 0 Å². The van der Waals surface area contributed by atoms with Crippen LogP contribution in [-0.2, 0) is 14.3 Å². The molecular weight excluding hydrogens is 156 g/mol. The van der Waals surface area contributed by atoms with Gasteiger partial charge in [-0.3, -0.25) is 4.79 Å². The Kier molecular flexibility index (Phi) is 6.76. The van der Waals surface area contributed by atoms with E-state index in [4.69, 9.17) is 4.74 Å². The summed E-state index contributed by atoms with van der Waals surface area (Å²) in [6.45, 7) is 2.79. The van der Waals surface area contributed by atoms with Gasteiger partial charge in [0.1, 0.15) is 0 Å². The van der Waals surface area contributed by atoms with Crippen molar-refractivity contribution in [3.8, 4) is 0 Å². The van der Waals surface area contributed by atoms with Crippen LogP contribution in [0, 0.1) is 5.92 Å².